The smallest absolute Gasteiger partial charge is 0.306 e. The molecule has 78 heavy (non-hydrogen) atoms. The summed E-state index contributed by atoms with van der Waals surface area (Å²) in [5.74, 6) is -0.857. The van der Waals surface area contributed by atoms with E-state index in [0.717, 1.165) is 83.5 Å². The molecule has 0 aromatic heterocycles. The van der Waals surface area contributed by atoms with Gasteiger partial charge in [-0.3, -0.25) is 14.4 Å². The van der Waals surface area contributed by atoms with E-state index in [4.69, 9.17) is 14.2 Å². The van der Waals surface area contributed by atoms with Crippen molar-refractivity contribution in [1.82, 2.24) is 0 Å². The van der Waals surface area contributed by atoms with Gasteiger partial charge in [0.2, 0.25) is 0 Å². The summed E-state index contributed by atoms with van der Waals surface area (Å²) >= 11 is 0. The van der Waals surface area contributed by atoms with E-state index in [2.05, 4.69) is 81.5 Å². The molecule has 0 bridgehead atoms. The van der Waals surface area contributed by atoms with Crippen molar-refractivity contribution in [2.24, 2.45) is 0 Å². The molecule has 1 atom stereocenters. The van der Waals surface area contributed by atoms with Crippen LogP contribution in [-0.2, 0) is 28.6 Å². The molecule has 0 spiro atoms. The molecule has 454 valence electrons. The summed E-state index contributed by atoms with van der Waals surface area (Å²) in [6, 6.07) is 0. The molecule has 0 rings (SSSR count). The van der Waals surface area contributed by atoms with E-state index in [1.807, 2.05) is 0 Å². The molecular weight excluding hydrogens is 961 g/mol. The molecule has 0 N–H and O–H groups in total. The van der Waals surface area contributed by atoms with Crippen LogP contribution in [0.5, 0.6) is 0 Å². The molecule has 6 nitrogen and oxygen atoms in total. The Morgan fingerprint density at radius 1 is 0.269 bits per heavy atom. The number of esters is 3. The molecule has 0 radical (unpaired) electrons. The zero-order valence-corrected chi connectivity index (χ0v) is 52.2. The van der Waals surface area contributed by atoms with Crippen LogP contribution in [0, 0.1) is 0 Å². The topological polar surface area (TPSA) is 78.9 Å². The Hall–Kier alpha value is -2.89. The van der Waals surface area contributed by atoms with Gasteiger partial charge in [-0.05, 0) is 83.5 Å². The molecule has 0 aliphatic carbocycles. The molecule has 0 aromatic rings. The first-order valence-corrected chi connectivity index (χ1v) is 34.3. The zero-order chi connectivity index (χ0) is 56.4. The maximum absolute atomic E-state index is 12.9. The molecule has 0 amide bonds. The average molecular weight is 1090 g/mol. The molecule has 0 heterocycles. The first kappa shape index (κ1) is 75.1. The minimum absolute atomic E-state index is 0.0705. The van der Waals surface area contributed by atoms with Crippen molar-refractivity contribution in [3.8, 4) is 0 Å². The summed E-state index contributed by atoms with van der Waals surface area (Å²) in [6.07, 6.45) is 85.5. The summed E-state index contributed by atoms with van der Waals surface area (Å²) in [5.41, 5.74) is 0. The fourth-order valence-corrected chi connectivity index (χ4v) is 10.1. The number of carbonyl (C=O) groups excluding carboxylic acids is 3. The molecule has 0 saturated carbocycles. The van der Waals surface area contributed by atoms with Crippen molar-refractivity contribution in [2.45, 2.75) is 367 Å². The largest absolute Gasteiger partial charge is 0.462 e. The second-order valence-corrected chi connectivity index (χ2v) is 23.1. The Kier molecular flexibility index (Phi) is 64.2. The Bertz CT molecular complexity index is 1390. The molecular formula is C72H130O6. The number of hydrogen-bond donors (Lipinski definition) is 0. The molecule has 0 aliphatic rings. The maximum Gasteiger partial charge on any atom is 0.306 e. The van der Waals surface area contributed by atoms with Crippen LogP contribution in [0.25, 0.3) is 0 Å². The Labute approximate surface area is 485 Å². The highest BCUT2D eigenvalue weighted by Crippen LogP contribution is 2.18. The highest BCUT2D eigenvalue weighted by molar-refractivity contribution is 5.71. The number of unbranched alkanes of at least 4 members (excludes halogenated alkanes) is 42. The minimum atomic E-state index is -0.772. The monoisotopic (exact) mass is 1090 g/mol. The van der Waals surface area contributed by atoms with Crippen LogP contribution >= 0.6 is 0 Å². The Balaban J connectivity index is 4.10. The molecule has 0 aliphatic heterocycles. The SMILES string of the molecule is CC/C=C\C/C=C\C/C=C\C/C=C\CCCCCCCCCCCCCCC(=O)OC(COC(=O)CCCCCCCCCC)COC(=O)CCCCCCCCCCCCCCCCC/C=C\CCCCCCCCCC. The predicted octanol–water partition coefficient (Wildman–Crippen LogP) is 23.5. The van der Waals surface area contributed by atoms with Crippen LogP contribution in [0.15, 0.2) is 60.8 Å². The highest BCUT2D eigenvalue weighted by Gasteiger charge is 2.19. The number of rotatable bonds is 63. The van der Waals surface area contributed by atoms with E-state index in [1.165, 1.54) is 238 Å². The summed E-state index contributed by atoms with van der Waals surface area (Å²) in [5, 5.41) is 0. The van der Waals surface area contributed by atoms with E-state index in [9.17, 15) is 14.4 Å². The van der Waals surface area contributed by atoms with Crippen LogP contribution in [0.2, 0.25) is 0 Å². The maximum atomic E-state index is 12.9. The van der Waals surface area contributed by atoms with Crippen LogP contribution < -0.4 is 0 Å². The zero-order valence-electron chi connectivity index (χ0n) is 52.2. The van der Waals surface area contributed by atoms with Crippen molar-refractivity contribution >= 4 is 17.9 Å². The van der Waals surface area contributed by atoms with E-state index in [0.29, 0.717) is 19.3 Å². The van der Waals surface area contributed by atoms with Gasteiger partial charge in [-0.15, -0.1) is 0 Å². The predicted molar refractivity (Wildman–Crippen MR) is 339 cm³/mol. The highest BCUT2D eigenvalue weighted by atomic mass is 16.6. The first-order valence-electron chi connectivity index (χ1n) is 34.3. The lowest BCUT2D eigenvalue weighted by Gasteiger charge is -2.18. The van der Waals surface area contributed by atoms with Crippen LogP contribution in [-0.4, -0.2) is 37.2 Å². The lowest BCUT2D eigenvalue weighted by atomic mass is 10.0. The standard InChI is InChI=1S/C72H130O6/c1-4-7-10-13-16-19-21-23-25-27-29-31-33-35-36-38-39-41-43-45-47-49-51-53-56-59-62-65-71(74)77-68-69(67-76-70(73)64-61-58-55-18-15-12-9-6-3)78-72(75)66-63-60-57-54-52-50-48-46-44-42-40-37-34-32-30-28-26-24-22-20-17-14-11-8-5-2/h8,11,17,20,24,26-27,29-30,32,69H,4-7,9-10,12-16,18-19,21-23,25,28,31,33-68H2,1-3H3/b11-8-,20-17-,26-24-,29-27-,32-30-. The van der Waals surface area contributed by atoms with Gasteiger partial charge in [0.15, 0.2) is 6.10 Å². The van der Waals surface area contributed by atoms with Gasteiger partial charge in [0, 0.05) is 19.3 Å². The summed E-state index contributed by atoms with van der Waals surface area (Å²) in [6.45, 7) is 6.55. The molecule has 1 unspecified atom stereocenters. The van der Waals surface area contributed by atoms with Gasteiger partial charge in [-0.25, -0.2) is 0 Å². The van der Waals surface area contributed by atoms with E-state index < -0.39 is 6.10 Å². The van der Waals surface area contributed by atoms with Gasteiger partial charge < -0.3 is 14.2 Å². The number of ether oxygens (including phenoxy) is 3. The third kappa shape index (κ3) is 63.9. The van der Waals surface area contributed by atoms with Gasteiger partial charge in [-0.1, -0.05) is 319 Å². The van der Waals surface area contributed by atoms with E-state index >= 15 is 0 Å². The third-order valence-electron chi connectivity index (χ3n) is 15.3. The normalized spacial score (nSPS) is 12.4. The minimum Gasteiger partial charge on any atom is -0.462 e. The van der Waals surface area contributed by atoms with Gasteiger partial charge in [0.25, 0.3) is 0 Å². The lowest BCUT2D eigenvalue weighted by molar-refractivity contribution is -0.167. The number of hydrogen-bond acceptors (Lipinski definition) is 6. The molecule has 0 saturated heterocycles. The summed E-state index contributed by atoms with van der Waals surface area (Å²) < 4.78 is 16.9. The van der Waals surface area contributed by atoms with Crippen molar-refractivity contribution in [1.29, 1.82) is 0 Å². The quantitative estimate of drug-likeness (QED) is 0.0261. The molecule has 0 fully saturated rings. The van der Waals surface area contributed by atoms with Crippen molar-refractivity contribution < 1.29 is 28.6 Å². The number of allylic oxidation sites excluding steroid dienone is 10. The second-order valence-electron chi connectivity index (χ2n) is 23.1. The van der Waals surface area contributed by atoms with Crippen molar-refractivity contribution in [3.63, 3.8) is 0 Å². The van der Waals surface area contributed by atoms with Gasteiger partial charge >= 0.3 is 17.9 Å². The molecule has 0 aromatic carbocycles. The fraction of sp³-hybridized carbons (Fsp3) is 0.819. The summed E-state index contributed by atoms with van der Waals surface area (Å²) in [7, 11) is 0. The fourth-order valence-electron chi connectivity index (χ4n) is 10.1. The van der Waals surface area contributed by atoms with E-state index in [1.54, 1.807) is 0 Å². The van der Waals surface area contributed by atoms with Crippen LogP contribution in [0.4, 0.5) is 0 Å². The first-order chi connectivity index (χ1) is 38.5. The Morgan fingerprint density at radius 3 is 0.795 bits per heavy atom. The van der Waals surface area contributed by atoms with Crippen LogP contribution in [0.1, 0.15) is 361 Å². The third-order valence-corrected chi connectivity index (χ3v) is 15.3. The second kappa shape index (κ2) is 66.6. The Morgan fingerprint density at radius 2 is 0.500 bits per heavy atom. The van der Waals surface area contributed by atoms with Crippen molar-refractivity contribution in [2.75, 3.05) is 13.2 Å². The van der Waals surface area contributed by atoms with E-state index in [-0.39, 0.29) is 31.1 Å². The van der Waals surface area contributed by atoms with Gasteiger partial charge in [0.1, 0.15) is 13.2 Å². The van der Waals surface area contributed by atoms with Crippen molar-refractivity contribution in [3.05, 3.63) is 60.8 Å². The van der Waals surface area contributed by atoms with Gasteiger partial charge in [-0.2, -0.15) is 0 Å². The lowest BCUT2D eigenvalue weighted by Crippen LogP contribution is -2.30. The number of carbonyl (C=O) groups is 3. The van der Waals surface area contributed by atoms with Crippen LogP contribution in [0.3, 0.4) is 0 Å². The average Bonchev–Trinajstić information content (AvgIpc) is 3.44. The van der Waals surface area contributed by atoms with Gasteiger partial charge in [0.05, 0.1) is 0 Å². The summed E-state index contributed by atoms with van der Waals surface area (Å²) in [4.78, 5) is 38.2. The molecule has 6 heteroatoms.